The number of methoxy groups -OCH3 is 1. The highest BCUT2D eigenvalue weighted by Gasteiger charge is 2.40. The summed E-state index contributed by atoms with van der Waals surface area (Å²) in [4.78, 5) is 21.8. The first-order chi connectivity index (χ1) is 18.2. The number of aromatic nitrogens is 5. The number of halogens is 4. The smallest absolute Gasteiger partial charge is 0.406 e. The van der Waals surface area contributed by atoms with Crippen LogP contribution in [0.1, 0.15) is 18.0 Å². The fourth-order valence-electron chi connectivity index (χ4n) is 4.37. The van der Waals surface area contributed by atoms with E-state index in [1.165, 1.54) is 42.5 Å². The normalized spacial score (nSPS) is 15.7. The molecule has 0 aliphatic carbocycles. The molecule has 0 saturated heterocycles. The van der Waals surface area contributed by atoms with Gasteiger partial charge in [-0.2, -0.15) is 13.2 Å². The third-order valence-electron chi connectivity index (χ3n) is 6.11. The molecule has 0 fully saturated rings. The average molecular weight is 527 g/mol. The molecule has 1 unspecified atom stereocenters. The van der Waals surface area contributed by atoms with Crippen LogP contribution in [0.2, 0.25) is 0 Å². The highest BCUT2D eigenvalue weighted by molar-refractivity contribution is 5.97. The molecule has 1 amide bonds. The minimum Gasteiger partial charge on any atom is -0.495 e. The largest absolute Gasteiger partial charge is 0.495 e. The first-order valence-electron chi connectivity index (χ1n) is 11.5. The van der Waals surface area contributed by atoms with Gasteiger partial charge in [-0.1, -0.05) is 17.3 Å². The Balaban J connectivity index is 1.44. The molecular formula is C25H21F4N7O2. The Morgan fingerprint density at radius 3 is 2.68 bits per heavy atom. The second kappa shape index (κ2) is 10.1. The van der Waals surface area contributed by atoms with Crippen molar-refractivity contribution in [2.75, 3.05) is 23.9 Å². The van der Waals surface area contributed by atoms with E-state index >= 15 is 0 Å². The zero-order valence-electron chi connectivity index (χ0n) is 20.0. The molecule has 196 valence electrons. The lowest BCUT2D eigenvalue weighted by Gasteiger charge is -2.26. The molecule has 2 aromatic heterocycles. The van der Waals surface area contributed by atoms with Crippen molar-refractivity contribution in [2.24, 2.45) is 0 Å². The number of carbonyl (C=O) groups is 1. The van der Waals surface area contributed by atoms with Crippen LogP contribution in [0.15, 0.2) is 61.3 Å². The molecular weight excluding hydrogens is 506 g/mol. The van der Waals surface area contributed by atoms with Crippen LogP contribution in [0.25, 0.3) is 11.3 Å². The molecule has 9 nitrogen and oxygen atoms in total. The number of benzene rings is 2. The number of nitrogens with zero attached hydrogens (tertiary/aromatic N) is 6. The van der Waals surface area contributed by atoms with E-state index in [1.807, 2.05) is 0 Å². The van der Waals surface area contributed by atoms with Crippen molar-refractivity contribution < 1.29 is 27.1 Å². The van der Waals surface area contributed by atoms with Crippen molar-refractivity contribution in [1.82, 2.24) is 25.0 Å². The maximum Gasteiger partial charge on any atom is 0.406 e. The molecule has 0 spiro atoms. The van der Waals surface area contributed by atoms with Gasteiger partial charge in [-0.25, -0.2) is 19.0 Å². The summed E-state index contributed by atoms with van der Waals surface area (Å²) in [6.45, 7) is -1.54. The summed E-state index contributed by atoms with van der Waals surface area (Å²) >= 11 is 0. The van der Waals surface area contributed by atoms with Crippen LogP contribution >= 0.6 is 0 Å². The summed E-state index contributed by atoms with van der Waals surface area (Å²) in [6, 6.07) is 7.87. The summed E-state index contributed by atoms with van der Waals surface area (Å²) in [5.74, 6) is -1.02. The number of fused-ring (bicyclic) bond motifs is 1. The first-order valence-corrected chi connectivity index (χ1v) is 11.5. The fourth-order valence-corrected chi connectivity index (χ4v) is 4.37. The van der Waals surface area contributed by atoms with Crippen LogP contribution in [0.5, 0.6) is 5.75 Å². The van der Waals surface area contributed by atoms with E-state index in [2.05, 4.69) is 25.6 Å². The van der Waals surface area contributed by atoms with Crippen molar-refractivity contribution in [2.45, 2.75) is 25.1 Å². The molecule has 0 bridgehead atoms. The number of rotatable bonds is 6. The monoisotopic (exact) mass is 527 g/mol. The maximum atomic E-state index is 14.5. The number of nitrogens with one attached hydrogen (secondary N) is 1. The Kier molecular flexibility index (Phi) is 6.66. The van der Waals surface area contributed by atoms with Crippen LogP contribution in [0.3, 0.4) is 0 Å². The van der Waals surface area contributed by atoms with Crippen LogP contribution in [0, 0.1) is 5.82 Å². The molecule has 1 N–H and O–H groups in total. The van der Waals surface area contributed by atoms with Gasteiger partial charge in [0.15, 0.2) is 0 Å². The molecule has 1 atom stereocenters. The zero-order chi connectivity index (χ0) is 26.9. The maximum absolute atomic E-state index is 14.5. The molecule has 1 aliphatic heterocycles. The third kappa shape index (κ3) is 5.12. The highest BCUT2D eigenvalue weighted by Crippen LogP contribution is 2.36. The molecule has 1 aliphatic rings. The van der Waals surface area contributed by atoms with Gasteiger partial charge >= 0.3 is 6.18 Å². The molecule has 0 radical (unpaired) electrons. The average Bonchev–Trinajstić information content (AvgIpc) is 3.33. The van der Waals surface area contributed by atoms with Gasteiger partial charge in [0.25, 0.3) is 5.91 Å². The van der Waals surface area contributed by atoms with Gasteiger partial charge in [0.05, 0.1) is 42.8 Å². The molecule has 5 rings (SSSR count). The second-order valence-corrected chi connectivity index (χ2v) is 8.58. The zero-order valence-corrected chi connectivity index (χ0v) is 20.0. The fraction of sp³-hybridized carbons (Fsp3) is 0.240. The molecule has 2 aromatic carbocycles. The Morgan fingerprint density at radius 2 is 1.95 bits per heavy atom. The Labute approximate surface area is 214 Å². The van der Waals surface area contributed by atoms with Crippen molar-refractivity contribution >= 4 is 23.0 Å². The summed E-state index contributed by atoms with van der Waals surface area (Å²) < 4.78 is 61.4. The number of hydrogen-bond acceptors (Lipinski definition) is 7. The van der Waals surface area contributed by atoms with E-state index in [0.29, 0.717) is 33.3 Å². The predicted molar refractivity (Wildman–Crippen MR) is 129 cm³/mol. The van der Waals surface area contributed by atoms with Crippen LogP contribution in [-0.4, -0.2) is 50.7 Å². The van der Waals surface area contributed by atoms with E-state index in [0.717, 1.165) is 0 Å². The van der Waals surface area contributed by atoms with Gasteiger partial charge in [0.2, 0.25) is 0 Å². The minimum atomic E-state index is -4.68. The Bertz CT molecular complexity index is 1460. The number of anilines is 3. The van der Waals surface area contributed by atoms with E-state index < -0.39 is 30.5 Å². The molecule has 3 heterocycles. The number of amides is 1. The van der Waals surface area contributed by atoms with Gasteiger partial charge in [-0.3, -0.25) is 4.79 Å². The minimum absolute atomic E-state index is 0.0508. The quantitative estimate of drug-likeness (QED) is 0.363. The van der Waals surface area contributed by atoms with E-state index in [9.17, 15) is 22.4 Å². The first kappa shape index (κ1) is 25.1. The number of hydrogen-bond donors (Lipinski definition) is 1. The van der Waals surface area contributed by atoms with Crippen molar-refractivity contribution in [1.29, 1.82) is 0 Å². The highest BCUT2D eigenvalue weighted by atomic mass is 19.4. The van der Waals surface area contributed by atoms with Gasteiger partial charge < -0.3 is 15.0 Å². The van der Waals surface area contributed by atoms with Gasteiger partial charge in [-0.05, 0) is 37.1 Å². The lowest BCUT2D eigenvalue weighted by molar-refractivity contribution is -0.134. The molecule has 0 saturated carbocycles. The molecule has 38 heavy (non-hydrogen) atoms. The van der Waals surface area contributed by atoms with E-state index in [4.69, 9.17) is 4.74 Å². The van der Waals surface area contributed by atoms with E-state index in [1.54, 1.807) is 30.6 Å². The topological polar surface area (TPSA) is 98.1 Å². The number of ether oxygens (including phenoxy) is 1. The summed E-state index contributed by atoms with van der Waals surface area (Å²) in [5.41, 5.74) is 2.24. The molecule has 13 heteroatoms. The Morgan fingerprint density at radius 1 is 1.16 bits per heavy atom. The summed E-state index contributed by atoms with van der Waals surface area (Å²) in [5, 5.41) is 11.3. The van der Waals surface area contributed by atoms with Crippen molar-refractivity contribution in [3.63, 3.8) is 0 Å². The Hall–Kier alpha value is -4.55. The SMILES string of the molecule is COc1cc(-c2cn(C3CCc4c(F)cccc4N(CC(F)(F)F)C3=O)nn2)ccc1Nc1cncnc1. The summed E-state index contributed by atoms with van der Waals surface area (Å²) in [6.07, 6.45) is 1.51. The lowest BCUT2D eigenvalue weighted by atomic mass is 10.1. The van der Waals surface area contributed by atoms with Crippen molar-refractivity contribution in [3.8, 4) is 17.0 Å². The standard InChI is InChI=1S/C25H21F4N7O2/c1-38-23-9-15(5-7-19(23)32-16-10-30-14-31-11-16)20-12-36(34-33-20)22-8-6-17-18(26)3-2-4-21(17)35(24(22)37)13-25(27,28)29/h2-5,7,9-12,14,22,32H,6,8,13H2,1H3. The van der Waals surface area contributed by atoms with Crippen LogP contribution in [0.4, 0.5) is 34.6 Å². The third-order valence-corrected chi connectivity index (χ3v) is 6.11. The van der Waals surface area contributed by atoms with Gasteiger partial charge in [-0.15, -0.1) is 5.10 Å². The number of carbonyl (C=O) groups excluding carboxylic acids is 1. The van der Waals surface area contributed by atoms with E-state index in [-0.39, 0.29) is 24.1 Å². The summed E-state index contributed by atoms with van der Waals surface area (Å²) in [7, 11) is 1.50. The van der Waals surface area contributed by atoms with Gasteiger partial charge in [0, 0.05) is 11.1 Å². The van der Waals surface area contributed by atoms with Crippen LogP contribution in [-0.2, 0) is 11.2 Å². The van der Waals surface area contributed by atoms with Crippen LogP contribution < -0.4 is 15.0 Å². The molecule has 4 aromatic rings. The number of alkyl halides is 3. The van der Waals surface area contributed by atoms with Gasteiger partial charge in [0.1, 0.15) is 36.2 Å². The lowest BCUT2D eigenvalue weighted by Crippen LogP contribution is -2.42. The predicted octanol–water partition coefficient (Wildman–Crippen LogP) is 4.71. The van der Waals surface area contributed by atoms with Crippen molar-refractivity contribution in [3.05, 3.63) is 72.7 Å². The second-order valence-electron chi connectivity index (χ2n) is 8.58.